The quantitative estimate of drug-likeness (QED) is 0.435. The first kappa shape index (κ1) is 11.9. The van der Waals surface area contributed by atoms with Gasteiger partial charge in [0.1, 0.15) is 0 Å². The Labute approximate surface area is 95.8 Å². The van der Waals surface area contributed by atoms with E-state index in [0.717, 1.165) is 12.8 Å². The van der Waals surface area contributed by atoms with E-state index in [-0.39, 0.29) is 10.2 Å². The standard InChI is InChI=1S/C10H11F2IO/c11-10(12)6-4-2-1-3-5-8(10)7-9(13)14/h8H,1-3,5,7H2. The van der Waals surface area contributed by atoms with Crippen LogP contribution in [0.15, 0.2) is 0 Å². The number of alkyl halides is 2. The lowest BCUT2D eigenvalue weighted by atomic mass is 9.90. The summed E-state index contributed by atoms with van der Waals surface area (Å²) < 4.78 is 26.5. The minimum absolute atomic E-state index is 0.0672. The SMILES string of the molecule is O=C(I)CC1CCCCC#CC1(F)F. The van der Waals surface area contributed by atoms with Crippen LogP contribution in [0, 0.1) is 17.8 Å². The third-order valence-corrected chi connectivity index (χ3v) is 2.72. The predicted molar refractivity (Wildman–Crippen MR) is 58.3 cm³/mol. The molecule has 0 amide bonds. The number of rotatable bonds is 2. The maximum atomic E-state index is 13.3. The fraction of sp³-hybridized carbons (Fsp3) is 0.700. The van der Waals surface area contributed by atoms with E-state index in [1.54, 1.807) is 22.6 Å². The molecule has 0 bridgehead atoms. The van der Waals surface area contributed by atoms with Gasteiger partial charge in [0.25, 0.3) is 0 Å². The predicted octanol–water partition coefficient (Wildman–Crippen LogP) is 3.17. The third kappa shape index (κ3) is 3.52. The Balaban J connectivity index is 2.75. The first-order valence-corrected chi connectivity index (χ1v) is 5.66. The molecule has 0 aromatic rings. The molecule has 0 saturated carbocycles. The minimum Gasteiger partial charge on any atom is -0.288 e. The van der Waals surface area contributed by atoms with E-state index >= 15 is 0 Å². The van der Waals surface area contributed by atoms with E-state index in [0.29, 0.717) is 12.8 Å². The highest BCUT2D eigenvalue weighted by Gasteiger charge is 2.38. The maximum Gasteiger partial charge on any atom is 0.311 e. The van der Waals surface area contributed by atoms with Crippen molar-refractivity contribution in [2.45, 2.75) is 38.0 Å². The van der Waals surface area contributed by atoms with Gasteiger partial charge in [-0.05, 0) is 41.4 Å². The number of carbonyl (C=O) groups is 1. The Kier molecular flexibility index (Phi) is 4.30. The van der Waals surface area contributed by atoms with E-state index in [1.807, 2.05) is 5.92 Å². The maximum absolute atomic E-state index is 13.3. The summed E-state index contributed by atoms with van der Waals surface area (Å²) >= 11 is 1.56. The summed E-state index contributed by atoms with van der Waals surface area (Å²) in [6.45, 7) is 0. The molecule has 0 N–H and O–H groups in total. The van der Waals surface area contributed by atoms with Crippen LogP contribution in [-0.4, -0.2) is 9.71 Å². The molecule has 0 aromatic carbocycles. The van der Waals surface area contributed by atoms with Crippen molar-refractivity contribution in [2.75, 3.05) is 0 Å². The van der Waals surface area contributed by atoms with Crippen molar-refractivity contribution in [3.8, 4) is 11.8 Å². The van der Waals surface area contributed by atoms with Gasteiger partial charge in [0, 0.05) is 18.8 Å². The number of hydrogen-bond acceptors (Lipinski definition) is 1. The minimum atomic E-state index is -2.98. The summed E-state index contributed by atoms with van der Waals surface area (Å²) in [5.74, 6) is 0.570. The van der Waals surface area contributed by atoms with Gasteiger partial charge < -0.3 is 0 Å². The average Bonchev–Trinajstić information content (AvgIpc) is 2.05. The molecule has 1 rings (SSSR count). The average molecular weight is 312 g/mol. The van der Waals surface area contributed by atoms with Crippen LogP contribution in [0.4, 0.5) is 8.78 Å². The highest BCUT2D eigenvalue weighted by atomic mass is 127. The highest BCUT2D eigenvalue weighted by molar-refractivity contribution is 14.1. The lowest BCUT2D eigenvalue weighted by Gasteiger charge is -2.22. The van der Waals surface area contributed by atoms with Gasteiger partial charge in [-0.25, -0.2) is 0 Å². The summed E-state index contributed by atoms with van der Waals surface area (Å²) in [6, 6.07) is 0. The second kappa shape index (κ2) is 5.06. The Morgan fingerprint density at radius 1 is 1.50 bits per heavy atom. The molecule has 0 radical (unpaired) electrons. The zero-order valence-corrected chi connectivity index (χ0v) is 9.81. The smallest absolute Gasteiger partial charge is 0.288 e. The molecule has 0 aromatic heterocycles. The zero-order chi connectivity index (χ0) is 10.6. The Morgan fingerprint density at radius 2 is 2.21 bits per heavy atom. The van der Waals surface area contributed by atoms with E-state index in [4.69, 9.17) is 0 Å². The van der Waals surface area contributed by atoms with Gasteiger partial charge >= 0.3 is 5.92 Å². The molecule has 0 heterocycles. The molecule has 1 nitrogen and oxygen atoms in total. The Bertz CT molecular complexity index is 278. The molecule has 1 aliphatic carbocycles. The van der Waals surface area contributed by atoms with Crippen LogP contribution < -0.4 is 0 Å². The van der Waals surface area contributed by atoms with Gasteiger partial charge in [-0.3, -0.25) is 4.79 Å². The first-order valence-electron chi connectivity index (χ1n) is 4.58. The second-order valence-electron chi connectivity index (χ2n) is 3.43. The molecule has 0 saturated heterocycles. The Hall–Kier alpha value is -0.180. The highest BCUT2D eigenvalue weighted by Crippen LogP contribution is 2.33. The molecule has 1 aliphatic rings. The van der Waals surface area contributed by atoms with Crippen molar-refractivity contribution in [1.29, 1.82) is 0 Å². The summed E-state index contributed by atoms with van der Waals surface area (Å²) in [5.41, 5.74) is 0. The summed E-state index contributed by atoms with van der Waals surface area (Å²) in [5, 5.41) is 0. The second-order valence-corrected chi connectivity index (χ2v) is 4.63. The van der Waals surface area contributed by atoms with Crippen molar-refractivity contribution < 1.29 is 13.6 Å². The van der Waals surface area contributed by atoms with Gasteiger partial charge in [0.05, 0.1) is 0 Å². The van der Waals surface area contributed by atoms with E-state index in [1.165, 1.54) is 0 Å². The van der Waals surface area contributed by atoms with Crippen molar-refractivity contribution in [2.24, 2.45) is 5.92 Å². The molecule has 1 unspecified atom stereocenters. The normalized spacial score (nSPS) is 25.5. The molecule has 0 fully saturated rings. The largest absolute Gasteiger partial charge is 0.311 e. The van der Waals surface area contributed by atoms with Crippen molar-refractivity contribution in [3.05, 3.63) is 0 Å². The van der Waals surface area contributed by atoms with Crippen LogP contribution in [-0.2, 0) is 4.79 Å². The zero-order valence-electron chi connectivity index (χ0n) is 7.66. The van der Waals surface area contributed by atoms with Crippen molar-refractivity contribution in [3.63, 3.8) is 0 Å². The molecule has 0 aliphatic heterocycles. The molecule has 4 heteroatoms. The van der Waals surface area contributed by atoms with Crippen LogP contribution >= 0.6 is 22.6 Å². The fourth-order valence-corrected chi connectivity index (χ4v) is 2.02. The van der Waals surface area contributed by atoms with Gasteiger partial charge in [-0.15, -0.1) is 0 Å². The van der Waals surface area contributed by atoms with Crippen molar-refractivity contribution in [1.82, 2.24) is 0 Å². The molecule has 0 spiro atoms. The van der Waals surface area contributed by atoms with Crippen molar-refractivity contribution >= 4 is 26.4 Å². The monoisotopic (exact) mass is 312 g/mol. The molecular weight excluding hydrogens is 301 g/mol. The Morgan fingerprint density at radius 3 is 2.86 bits per heavy atom. The van der Waals surface area contributed by atoms with Gasteiger partial charge in [-0.1, -0.05) is 12.3 Å². The van der Waals surface area contributed by atoms with E-state index < -0.39 is 11.8 Å². The number of hydrogen-bond donors (Lipinski definition) is 0. The lowest BCUT2D eigenvalue weighted by Crippen LogP contribution is -2.28. The van der Waals surface area contributed by atoms with E-state index in [2.05, 4.69) is 5.92 Å². The van der Waals surface area contributed by atoms with Crippen LogP contribution in [0.3, 0.4) is 0 Å². The van der Waals surface area contributed by atoms with Crippen LogP contribution in [0.1, 0.15) is 32.1 Å². The van der Waals surface area contributed by atoms with Crippen LogP contribution in [0.2, 0.25) is 0 Å². The fourth-order valence-electron chi connectivity index (χ4n) is 1.49. The molecular formula is C10H11F2IO. The number of carbonyl (C=O) groups excluding carboxylic acids is 1. The van der Waals surface area contributed by atoms with Gasteiger partial charge in [-0.2, -0.15) is 8.78 Å². The third-order valence-electron chi connectivity index (χ3n) is 2.28. The molecule has 14 heavy (non-hydrogen) atoms. The van der Waals surface area contributed by atoms with E-state index in [9.17, 15) is 13.6 Å². The topological polar surface area (TPSA) is 17.1 Å². The van der Waals surface area contributed by atoms with Gasteiger partial charge in [0.15, 0.2) is 3.79 Å². The van der Waals surface area contributed by atoms with Gasteiger partial charge in [0.2, 0.25) is 0 Å². The first-order chi connectivity index (χ1) is 6.52. The van der Waals surface area contributed by atoms with Crippen LogP contribution in [0.25, 0.3) is 0 Å². The lowest BCUT2D eigenvalue weighted by molar-refractivity contribution is -0.113. The summed E-state index contributed by atoms with van der Waals surface area (Å²) in [4.78, 5) is 10.8. The summed E-state index contributed by atoms with van der Waals surface area (Å²) in [6.07, 6.45) is 2.47. The molecule has 78 valence electrons. The molecule has 1 atom stereocenters. The van der Waals surface area contributed by atoms with Crippen LogP contribution in [0.5, 0.6) is 0 Å². The number of halogens is 3. The summed E-state index contributed by atoms with van der Waals surface area (Å²) in [7, 11) is 0.